The van der Waals surface area contributed by atoms with Gasteiger partial charge in [0.25, 0.3) is 0 Å². The SMILES string of the molecule is CCC[N+](C(C)O)(C(C)O)C(C)O.[Cl-]. The lowest BCUT2D eigenvalue weighted by Crippen LogP contribution is -3.00. The molecule has 0 aromatic rings. The Bertz CT molecular complexity index is 129. The van der Waals surface area contributed by atoms with E-state index < -0.39 is 18.7 Å². The van der Waals surface area contributed by atoms with Gasteiger partial charge in [-0.15, -0.1) is 0 Å². The first-order chi connectivity index (χ1) is 5.89. The highest BCUT2D eigenvalue weighted by Gasteiger charge is 2.41. The van der Waals surface area contributed by atoms with E-state index >= 15 is 0 Å². The maximum Gasteiger partial charge on any atom is 0.191 e. The quantitative estimate of drug-likeness (QED) is 0.352. The Labute approximate surface area is 92.2 Å². The maximum atomic E-state index is 9.59. The lowest BCUT2D eigenvalue weighted by molar-refractivity contribution is -1.04. The molecule has 5 heteroatoms. The topological polar surface area (TPSA) is 60.7 Å². The van der Waals surface area contributed by atoms with E-state index in [2.05, 4.69) is 0 Å². The second kappa shape index (κ2) is 6.58. The number of nitrogens with zero attached hydrogens (tertiary/aromatic N) is 1. The van der Waals surface area contributed by atoms with Crippen molar-refractivity contribution >= 4 is 0 Å². The van der Waals surface area contributed by atoms with Gasteiger partial charge in [-0.1, -0.05) is 6.92 Å². The summed E-state index contributed by atoms with van der Waals surface area (Å²) >= 11 is 0. The third-order valence-electron chi connectivity index (χ3n) is 2.70. The van der Waals surface area contributed by atoms with Crippen LogP contribution < -0.4 is 12.4 Å². The standard InChI is InChI=1S/C9H22NO3.ClH/c1-5-6-10(7(2)11,8(3)12)9(4)13;/h7-9,11-13H,5-6H2,1-4H3;1H/q+1;/p-1. The van der Waals surface area contributed by atoms with Gasteiger partial charge in [0.2, 0.25) is 0 Å². The fourth-order valence-corrected chi connectivity index (χ4v) is 1.88. The molecule has 0 bridgehead atoms. The van der Waals surface area contributed by atoms with E-state index in [-0.39, 0.29) is 16.9 Å². The van der Waals surface area contributed by atoms with Crippen molar-refractivity contribution < 1.29 is 32.2 Å². The lowest BCUT2D eigenvalue weighted by atomic mass is 10.2. The Morgan fingerprint density at radius 3 is 1.29 bits per heavy atom. The Kier molecular flexibility index (Phi) is 7.79. The molecular formula is C9H22ClNO3. The maximum absolute atomic E-state index is 9.59. The van der Waals surface area contributed by atoms with Crippen molar-refractivity contribution in [1.29, 1.82) is 0 Å². The Morgan fingerprint density at radius 2 is 1.21 bits per heavy atom. The third-order valence-corrected chi connectivity index (χ3v) is 2.70. The zero-order valence-electron chi connectivity index (χ0n) is 9.31. The zero-order chi connectivity index (χ0) is 10.6. The van der Waals surface area contributed by atoms with Crippen LogP contribution in [0.2, 0.25) is 0 Å². The number of hydrogen-bond acceptors (Lipinski definition) is 3. The molecule has 14 heavy (non-hydrogen) atoms. The van der Waals surface area contributed by atoms with E-state index in [1.165, 1.54) is 0 Å². The number of hydrogen-bond donors (Lipinski definition) is 3. The number of quaternary nitrogens is 1. The van der Waals surface area contributed by atoms with Gasteiger partial charge in [0.05, 0.1) is 6.54 Å². The summed E-state index contributed by atoms with van der Waals surface area (Å²) in [7, 11) is 0. The van der Waals surface area contributed by atoms with E-state index in [1.807, 2.05) is 6.92 Å². The van der Waals surface area contributed by atoms with Gasteiger partial charge in [-0.05, 0) is 6.42 Å². The van der Waals surface area contributed by atoms with Crippen LogP contribution in [0.15, 0.2) is 0 Å². The Balaban J connectivity index is 0. The molecule has 0 aromatic carbocycles. The summed E-state index contributed by atoms with van der Waals surface area (Å²) in [6.07, 6.45) is -1.49. The highest BCUT2D eigenvalue weighted by atomic mass is 35.5. The molecule has 0 aliphatic carbocycles. The first-order valence-electron chi connectivity index (χ1n) is 4.80. The summed E-state index contributed by atoms with van der Waals surface area (Å²) in [5.74, 6) is 0. The average Bonchev–Trinajstić information content (AvgIpc) is 1.97. The minimum absolute atomic E-state index is 0. The van der Waals surface area contributed by atoms with Gasteiger partial charge in [0.1, 0.15) is 0 Å². The van der Waals surface area contributed by atoms with Gasteiger partial charge < -0.3 is 27.7 Å². The predicted molar refractivity (Wildman–Crippen MR) is 50.5 cm³/mol. The number of aliphatic hydroxyl groups excluding tert-OH is 3. The number of rotatable bonds is 5. The van der Waals surface area contributed by atoms with Crippen LogP contribution >= 0.6 is 0 Å². The molecule has 0 radical (unpaired) electrons. The van der Waals surface area contributed by atoms with Gasteiger partial charge in [0, 0.05) is 20.8 Å². The first-order valence-corrected chi connectivity index (χ1v) is 4.80. The van der Waals surface area contributed by atoms with Crippen LogP contribution in [0.5, 0.6) is 0 Å². The van der Waals surface area contributed by atoms with Gasteiger partial charge in [-0.25, -0.2) is 4.48 Å². The van der Waals surface area contributed by atoms with Crippen LogP contribution in [0.3, 0.4) is 0 Å². The van der Waals surface area contributed by atoms with Gasteiger partial charge in [0.15, 0.2) is 18.7 Å². The molecule has 0 saturated carbocycles. The Morgan fingerprint density at radius 1 is 0.929 bits per heavy atom. The number of aliphatic hydroxyl groups is 3. The van der Waals surface area contributed by atoms with Crippen molar-refractivity contribution in [1.82, 2.24) is 0 Å². The van der Waals surface area contributed by atoms with Crippen molar-refractivity contribution in [2.24, 2.45) is 0 Å². The fourth-order valence-electron chi connectivity index (χ4n) is 1.88. The second-order valence-corrected chi connectivity index (χ2v) is 3.61. The average molecular weight is 228 g/mol. The highest BCUT2D eigenvalue weighted by Crippen LogP contribution is 2.21. The van der Waals surface area contributed by atoms with Crippen molar-refractivity contribution in [2.75, 3.05) is 6.54 Å². The minimum atomic E-state index is -0.764. The van der Waals surface area contributed by atoms with Crippen molar-refractivity contribution in [3.8, 4) is 0 Å². The van der Waals surface area contributed by atoms with Crippen LogP contribution in [-0.4, -0.2) is 45.0 Å². The molecular weight excluding hydrogens is 206 g/mol. The molecule has 0 aromatic heterocycles. The second-order valence-electron chi connectivity index (χ2n) is 3.61. The highest BCUT2D eigenvalue weighted by molar-refractivity contribution is 4.46. The number of halogens is 1. The van der Waals surface area contributed by atoms with Gasteiger partial charge in [-0.2, -0.15) is 0 Å². The van der Waals surface area contributed by atoms with Gasteiger partial charge in [-0.3, -0.25) is 0 Å². The third kappa shape index (κ3) is 3.07. The summed E-state index contributed by atoms with van der Waals surface area (Å²) in [6, 6.07) is 0. The molecule has 3 N–H and O–H groups in total. The van der Waals surface area contributed by atoms with E-state index in [4.69, 9.17) is 0 Å². The molecule has 0 spiro atoms. The summed E-state index contributed by atoms with van der Waals surface area (Å²) in [6.45, 7) is 7.30. The minimum Gasteiger partial charge on any atom is -1.00 e. The van der Waals surface area contributed by atoms with E-state index in [9.17, 15) is 15.3 Å². The molecule has 0 amide bonds. The van der Waals surface area contributed by atoms with Crippen LogP contribution in [0.25, 0.3) is 0 Å². The molecule has 0 heterocycles. The largest absolute Gasteiger partial charge is 1.00 e. The summed E-state index contributed by atoms with van der Waals surface area (Å²) in [5.41, 5.74) is 0. The van der Waals surface area contributed by atoms with Crippen molar-refractivity contribution in [2.45, 2.75) is 52.8 Å². The predicted octanol–water partition coefficient (Wildman–Crippen LogP) is -2.77. The zero-order valence-corrected chi connectivity index (χ0v) is 10.1. The fraction of sp³-hybridized carbons (Fsp3) is 1.00. The van der Waals surface area contributed by atoms with Crippen LogP contribution in [0.4, 0.5) is 0 Å². The summed E-state index contributed by atoms with van der Waals surface area (Å²) in [4.78, 5) is 0. The van der Waals surface area contributed by atoms with Crippen LogP contribution in [0.1, 0.15) is 34.1 Å². The smallest absolute Gasteiger partial charge is 0.191 e. The molecule has 0 aliphatic rings. The van der Waals surface area contributed by atoms with E-state index in [0.717, 1.165) is 6.42 Å². The molecule has 0 aliphatic heterocycles. The van der Waals surface area contributed by atoms with Crippen molar-refractivity contribution in [3.63, 3.8) is 0 Å². The van der Waals surface area contributed by atoms with Gasteiger partial charge >= 0.3 is 0 Å². The molecule has 88 valence electrons. The molecule has 0 rings (SSSR count). The van der Waals surface area contributed by atoms with Crippen LogP contribution in [-0.2, 0) is 0 Å². The Hall–Kier alpha value is 0.130. The molecule has 3 atom stereocenters. The normalized spacial score (nSPS) is 21.6. The van der Waals surface area contributed by atoms with Crippen LogP contribution in [0, 0.1) is 0 Å². The monoisotopic (exact) mass is 227 g/mol. The molecule has 0 saturated heterocycles. The molecule has 3 unspecified atom stereocenters. The molecule has 4 nitrogen and oxygen atoms in total. The van der Waals surface area contributed by atoms with E-state index in [1.54, 1.807) is 20.8 Å². The van der Waals surface area contributed by atoms with E-state index in [0.29, 0.717) is 6.54 Å². The van der Waals surface area contributed by atoms with Crippen molar-refractivity contribution in [3.05, 3.63) is 0 Å². The molecule has 0 fully saturated rings. The first kappa shape index (κ1) is 16.6. The lowest BCUT2D eigenvalue weighted by Gasteiger charge is -2.45. The summed E-state index contributed by atoms with van der Waals surface area (Å²) < 4.78 is -0.0729. The summed E-state index contributed by atoms with van der Waals surface area (Å²) in [5, 5.41) is 28.8.